The van der Waals surface area contributed by atoms with Crippen molar-refractivity contribution in [3.8, 4) is 5.75 Å². The van der Waals surface area contributed by atoms with Gasteiger partial charge in [-0.1, -0.05) is 41.9 Å². The first-order chi connectivity index (χ1) is 12.0. The molecule has 1 N–H and O–H groups in total. The van der Waals surface area contributed by atoms with Crippen molar-refractivity contribution in [1.82, 2.24) is 5.32 Å². The highest BCUT2D eigenvalue weighted by molar-refractivity contribution is 6.31. The summed E-state index contributed by atoms with van der Waals surface area (Å²) in [5.41, 5.74) is 1.82. The summed E-state index contributed by atoms with van der Waals surface area (Å²) in [4.78, 5) is 23.7. The monoisotopic (exact) mass is 361 g/mol. The van der Waals surface area contributed by atoms with E-state index in [1.54, 1.807) is 19.1 Å². The molecule has 0 aliphatic rings. The van der Waals surface area contributed by atoms with E-state index in [0.29, 0.717) is 10.8 Å². The van der Waals surface area contributed by atoms with Gasteiger partial charge in [-0.25, -0.2) is 4.79 Å². The van der Waals surface area contributed by atoms with Gasteiger partial charge in [0.2, 0.25) is 0 Å². The smallest absolute Gasteiger partial charge is 0.347 e. The Labute approximate surface area is 151 Å². The summed E-state index contributed by atoms with van der Waals surface area (Å²) < 4.78 is 10.5. The van der Waals surface area contributed by atoms with E-state index in [1.165, 1.54) is 0 Å². The molecule has 0 heterocycles. The molecule has 132 valence electrons. The van der Waals surface area contributed by atoms with Crippen LogP contribution in [0.5, 0.6) is 5.75 Å². The van der Waals surface area contributed by atoms with Gasteiger partial charge < -0.3 is 14.8 Å². The predicted molar refractivity (Wildman–Crippen MR) is 95.5 cm³/mol. The van der Waals surface area contributed by atoms with Crippen LogP contribution in [0.3, 0.4) is 0 Å². The van der Waals surface area contributed by atoms with Crippen molar-refractivity contribution < 1.29 is 19.1 Å². The van der Waals surface area contributed by atoms with E-state index in [2.05, 4.69) is 5.32 Å². The highest BCUT2D eigenvalue weighted by Gasteiger charge is 2.17. The fourth-order valence-electron chi connectivity index (χ4n) is 2.08. The maximum Gasteiger partial charge on any atom is 0.347 e. The third-order valence-corrected chi connectivity index (χ3v) is 3.78. The van der Waals surface area contributed by atoms with Crippen LogP contribution in [-0.4, -0.2) is 24.6 Å². The van der Waals surface area contributed by atoms with Crippen LogP contribution in [0.2, 0.25) is 5.02 Å². The van der Waals surface area contributed by atoms with Gasteiger partial charge in [0, 0.05) is 11.6 Å². The zero-order valence-electron chi connectivity index (χ0n) is 14.1. The molecule has 6 heteroatoms. The van der Waals surface area contributed by atoms with Gasteiger partial charge in [-0.2, -0.15) is 0 Å². The van der Waals surface area contributed by atoms with Crippen molar-refractivity contribution in [1.29, 1.82) is 0 Å². The van der Waals surface area contributed by atoms with Gasteiger partial charge >= 0.3 is 5.97 Å². The lowest BCUT2D eigenvalue weighted by atomic mass is 10.2. The lowest BCUT2D eigenvalue weighted by molar-refractivity contribution is -0.154. The van der Waals surface area contributed by atoms with Crippen LogP contribution in [0.15, 0.2) is 48.5 Å². The van der Waals surface area contributed by atoms with Crippen molar-refractivity contribution in [2.75, 3.05) is 6.61 Å². The van der Waals surface area contributed by atoms with Crippen LogP contribution >= 0.6 is 11.6 Å². The first-order valence-electron chi connectivity index (χ1n) is 7.86. The molecular weight excluding hydrogens is 342 g/mol. The molecule has 0 aliphatic carbocycles. The summed E-state index contributed by atoms with van der Waals surface area (Å²) in [5.74, 6) is -0.432. The molecular formula is C19H20ClNO4. The number of rotatable bonds is 7. The number of benzene rings is 2. The molecule has 0 spiro atoms. The largest absolute Gasteiger partial charge is 0.479 e. The summed E-state index contributed by atoms with van der Waals surface area (Å²) in [7, 11) is 0. The number of hydrogen-bond donors (Lipinski definition) is 1. The molecule has 0 aliphatic heterocycles. The van der Waals surface area contributed by atoms with Crippen molar-refractivity contribution in [3.05, 3.63) is 64.7 Å². The molecule has 0 unspecified atom stereocenters. The summed E-state index contributed by atoms with van der Waals surface area (Å²) in [6.45, 7) is 3.40. The highest BCUT2D eigenvalue weighted by Crippen LogP contribution is 2.15. The van der Waals surface area contributed by atoms with Gasteiger partial charge in [0.05, 0.1) is 0 Å². The van der Waals surface area contributed by atoms with Gasteiger partial charge in [0.1, 0.15) is 5.75 Å². The van der Waals surface area contributed by atoms with E-state index in [-0.39, 0.29) is 13.2 Å². The van der Waals surface area contributed by atoms with E-state index in [0.717, 1.165) is 11.1 Å². The van der Waals surface area contributed by atoms with Crippen molar-refractivity contribution in [2.24, 2.45) is 0 Å². The van der Waals surface area contributed by atoms with E-state index in [1.807, 2.05) is 43.3 Å². The molecule has 1 atom stereocenters. The topological polar surface area (TPSA) is 64.6 Å². The second-order valence-electron chi connectivity index (χ2n) is 5.55. The third kappa shape index (κ3) is 6.12. The fourth-order valence-corrected chi connectivity index (χ4v) is 2.28. The summed E-state index contributed by atoms with van der Waals surface area (Å²) >= 11 is 6.01. The highest BCUT2D eigenvalue weighted by atomic mass is 35.5. The number of aryl methyl sites for hydroxylation is 1. The predicted octanol–water partition coefficient (Wildman–Crippen LogP) is 3.28. The molecule has 0 fully saturated rings. The Morgan fingerprint density at radius 3 is 2.64 bits per heavy atom. The number of hydrogen-bond acceptors (Lipinski definition) is 4. The van der Waals surface area contributed by atoms with E-state index < -0.39 is 18.0 Å². The number of amides is 1. The normalized spacial score (nSPS) is 11.5. The van der Waals surface area contributed by atoms with Crippen LogP contribution in [0.1, 0.15) is 18.1 Å². The Kier molecular flexibility index (Phi) is 6.83. The Bertz CT molecular complexity index is 748. The number of carbonyl (C=O) groups excluding carboxylic acids is 2. The molecule has 0 aromatic heterocycles. The average Bonchev–Trinajstić information content (AvgIpc) is 2.59. The number of halogens is 1. The van der Waals surface area contributed by atoms with Crippen molar-refractivity contribution in [3.63, 3.8) is 0 Å². The fraction of sp³-hybridized carbons (Fsp3) is 0.263. The van der Waals surface area contributed by atoms with E-state index >= 15 is 0 Å². The standard InChI is InChI=1S/C19H20ClNO4/c1-13-6-5-8-16(10-13)25-14(2)19(23)24-12-18(22)21-11-15-7-3-4-9-17(15)20/h3-10,14H,11-12H2,1-2H3,(H,21,22)/t14-/m1/s1. The third-order valence-electron chi connectivity index (χ3n) is 3.41. The van der Waals surface area contributed by atoms with Gasteiger partial charge in [0.15, 0.2) is 12.7 Å². The Morgan fingerprint density at radius 1 is 1.16 bits per heavy atom. The Morgan fingerprint density at radius 2 is 1.92 bits per heavy atom. The minimum absolute atomic E-state index is 0.269. The summed E-state index contributed by atoms with van der Waals surface area (Å²) in [6, 6.07) is 14.5. The summed E-state index contributed by atoms with van der Waals surface area (Å²) in [6.07, 6.45) is -0.807. The zero-order valence-corrected chi connectivity index (χ0v) is 14.9. The first-order valence-corrected chi connectivity index (χ1v) is 8.23. The van der Waals surface area contributed by atoms with Crippen LogP contribution < -0.4 is 10.1 Å². The molecule has 5 nitrogen and oxygen atoms in total. The molecule has 0 radical (unpaired) electrons. The van der Waals surface area contributed by atoms with Gasteiger partial charge in [0.25, 0.3) is 5.91 Å². The molecule has 2 aromatic carbocycles. The van der Waals surface area contributed by atoms with Crippen LogP contribution in [0, 0.1) is 6.92 Å². The SMILES string of the molecule is Cc1cccc(O[C@H](C)C(=O)OCC(=O)NCc2ccccc2Cl)c1. The number of ether oxygens (including phenoxy) is 2. The molecule has 2 rings (SSSR count). The molecule has 0 saturated heterocycles. The average molecular weight is 362 g/mol. The Hall–Kier alpha value is -2.53. The Balaban J connectivity index is 1.75. The molecule has 2 aromatic rings. The van der Waals surface area contributed by atoms with Gasteiger partial charge in [-0.15, -0.1) is 0 Å². The van der Waals surface area contributed by atoms with Crippen LogP contribution in [-0.2, 0) is 20.9 Å². The minimum Gasteiger partial charge on any atom is -0.479 e. The number of esters is 1. The van der Waals surface area contributed by atoms with Crippen LogP contribution in [0.25, 0.3) is 0 Å². The quantitative estimate of drug-likeness (QED) is 0.769. The minimum atomic E-state index is -0.807. The van der Waals surface area contributed by atoms with Crippen LogP contribution in [0.4, 0.5) is 0 Å². The van der Waals surface area contributed by atoms with E-state index in [4.69, 9.17) is 21.1 Å². The summed E-state index contributed by atoms with van der Waals surface area (Å²) in [5, 5.41) is 3.22. The number of carbonyl (C=O) groups is 2. The number of nitrogens with one attached hydrogen (secondary N) is 1. The molecule has 0 saturated carbocycles. The molecule has 25 heavy (non-hydrogen) atoms. The first kappa shape index (κ1) is 18.8. The maximum atomic E-state index is 11.9. The van der Waals surface area contributed by atoms with Gasteiger partial charge in [-0.3, -0.25) is 4.79 Å². The van der Waals surface area contributed by atoms with Crippen molar-refractivity contribution >= 4 is 23.5 Å². The van der Waals surface area contributed by atoms with Crippen molar-refractivity contribution in [2.45, 2.75) is 26.5 Å². The zero-order chi connectivity index (χ0) is 18.2. The lowest BCUT2D eigenvalue weighted by Gasteiger charge is -2.14. The second-order valence-corrected chi connectivity index (χ2v) is 5.96. The maximum absolute atomic E-state index is 11.9. The second kappa shape index (κ2) is 9.08. The lowest BCUT2D eigenvalue weighted by Crippen LogP contribution is -2.32. The van der Waals surface area contributed by atoms with E-state index in [9.17, 15) is 9.59 Å². The van der Waals surface area contributed by atoms with Gasteiger partial charge in [-0.05, 0) is 43.2 Å². The molecule has 1 amide bonds. The molecule has 0 bridgehead atoms.